The van der Waals surface area contributed by atoms with Crippen LogP contribution in [0.15, 0.2) is 54.6 Å². The van der Waals surface area contributed by atoms with Gasteiger partial charge in [-0.1, -0.05) is 41.9 Å². The fourth-order valence-electron chi connectivity index (χ4n) is 4.96. The van der Waals surface area contributed by atoms with Crippen LogP contribution in [0, 0.1) is 11.8 Å². The first kappa shape index (κ1) is 24.9. The zero-order valence-electron chi connectivity index (χ0n) is 19.3. The van der Waals surface area contributed by atoms with Crippen molar-refractivity contribution in [2.24, 2.45) is 11.8 Å². The summed E-state index contributed by atoms with van der Waals surface area (Å²) in [6.07, 6.45) is 3.08. The number of anilines is 1. The molecule has 1 saturated heterocycles. The van der Waals surface area contributed by atoms with Crippen LogP contribution in [0.25, 0.3) is 0 Å². The molecule has 1 saturated carbocycles. The minimum Gasteiger partial charge on any atom is -0.593 e. The van der Waals surface area contributed by atoms with Crippen molar-refractivity contribution < 1.29 is 19.2 Å². The second-order valence-corrected chi connectivity index (χ2v) is 11.2. The molecule has 34 heavy (non-hydrogen) atoms. The van der Waals surface area contributed by atoms with Gasteiger partial charge in [0.25, 0.3) is 0 Å². The minimum atomic E-state index is -1.23. The molecule has 4 unspecified atom stereocenters. The van der Waals surface area contributed by atoms with E-state index >= 15 is 0 Å². The lowest BCUT2D eigenvalue weighted by molar-refractivity contribution is -0.151. The number of para-hydroxylation sites is 1. The smallest absolute Gasteiger partial charge is 0.304 e. The molecule has 182 valence electrons. The second kappa shape index (κ2) is 11.0. The third-order valence-electron chi connectivity index (χ3n) is 6.82. The molecule has 2 fully saturated rings. The molecule has 0 radical (unpaired) electrons. The maximum absolute atomic E-state index is 13.8. The minimum absolute atomic E-state index is 0.110. The van der Waals surface area contributed by atoms with Crippen LogP contribution < -0.4 is 4.31 Å². The number of nitrogens with zero attached hydrogens (tertiary/aromatic N) is 2. The number of hydrogen-bond acceptors (Lipinski definition) is 4. The molecular weight excluding hydrogens is 472 g/mol. The monoisotopic (exact) mass is 502 g/mol. The molecule has 6 nitrogen and oxygen atoms in total. The Morgan fingerprint density at radius 3 is 2.41 bits per heavy atom. The van der Waals surface area contributed by atoms with Crippen molar-refractivity contribution in [3.63, 3.8) is 0 Å². The number of rotatable bonds is 10. The Morgan fingerprint density at radius 1 is 1.15 bits per heavy atom. The van der Waals surface area contributed by atoms with Crippen molar-refractivity contribution in [2.45, 2.75) is 51.1 Å². The van der Waals surface area contributed by atoms with Crippen LogP contribution in [0.3, 0.4) is 0 Å². The third-order valence-corrected chi connectivity index (χ3v) is 8.41. The van der Waals surface area contributed by atoms with E-state index in [0.717, 1.165) is 24.1 Å². The number of amides is 1. The van der Waals surface area contributed by atoms with Crippen LogP contribution in [-0.2, 0) is 21.0 Å². The molecular formula is C26H31ClN2O4S. The number of likely N-dealkylation sites (tertiary alicyclic amines) is 1. The zero-order chi connectivity index (χ0) is 24.2. The third kappa shape index (κ3) is 5.70. The Hall–Kier alpha value is -2.22. The van der Waals surface area contributed by atoms with Crippen molar-refractivity contribution in [2.75, 3.05) is 16.6 Å². The summed E-state index contributed by atoms with van der Waals surface area (Å²) in [5.74, 6) is -0.820. The van der Waals surface area contributed by atoms with Crippen LogP contribution >= 0.6 is 11.6 Å². The van der Waals surface area contributed by atoms with Gasteiger partial charge in [0.1, 0.15) is 5.75 Å². The lowest BCUT2D eigenvalue weighted by Crippen LogP contribution is -2.55. The highest BCUT2D eigenvalue weighted by atomic mass is 35.5. The molecule has 8 heteroatoms. The molecule has 2 aromatic carbocycles. The highest BCUT2D eigenvalue weighted by molar-refractivity contribution is 7.92. The Kier molecular flexibility index (Phi) is 8.06. The summed E-state index contributed by atoms with van der Waals surface area (Å²) >= 11 is 4.89. The van der Waals surface area contributed by atoms with Crippen LogP contribution in [-0.4, -0.2) is 44.8 Å². The van der Waals surface area contributed by atoms with E-state index in [1.54, 1.807) is 0 Å². The molecule has 0 spiro atoms. The lowest BCUT2D eigenvalue weighted by Gasteiger charge is -2.45. The van der Waals surface area contributed by atoms with Gasteiger partial charge in [-0.15, -0.1) is 0 Å². The molecule has 1 aliphatic carbocycles. The van der Waals surface area contributed by atoms with E-state index in [4.69, 9.17) is 11.6 Å². The maximum Gasteiger partial charge on any atom is 0.304 e. The summed E-state index contributed by atoms with van der Waals surface area (Å²) in [6, 6.07) is 16.9. The van der Waals surface area contributed by atoms with Gasteiger partial charge in [-0.05, 0) is 68.4 Å². The maximum atomic E-state index is 13.8. The predicted octanol–water partition coefficient (Wildman–Crippen LogP) is 5.06. The van der Waals surface area contributed by atoms with Gasteiger partial charge < -0.3 is 14.6 Å². The molecule has 1 aliphatic heterocycles. The Morgan fingerprint density at radius 2 is 1.82 bits per heavy atom. The SMILES string of the molecule is CC[S+]([O-])N(CC(C1CC1)N1C(=O)C(CC(=O)O)CCC1c1ccc(Cl)cc1)c1ccccc1. The van der Waals surface area contributed by atoms with E-state index in [1.165, 1.54) is 0 Å². The van der Waals surface area contributed by atoms with E-state index in [0.29, 0.717) is 36.1 Å². The topological polar surface area (TPSA) is 83.9 Å². The molecule has 1 heterocycles. The molecule has 4 atom stereocenters. The summed E-state index contributed by atoms with van der Waals surface area (Å²) in [5, 5.41) is 10.0. The fourth-order valence-corrected chi connectivity index (χ4v) is 6.08. The van der Waals surface area contributed by atoms with E-state index in [-0.39, 0.29) is 24.4 Å². The van der Waals surface area contributed by atoms with E-state index in [2.05, 4.69) is 0 Å². The highest BCUT2D eigenvalue weighted by Gasteiger charge is 2.47. The number of carboxylic acid groups (broad SMARTS) is 1. The van der Waals surface area contributed by atoms with E-state index in [9.17, 15) is 19.2 Å². The van der Waals surface area contributed by atoms with Crippen molar-refractivity contribution in [1.29, 1.82) is 0 Å². The van der Waals surface area contributed by atoms with Gasteiger partial charge >= 0.3 is 5.97 Å². The molecule has 2 aliphatic rings. The van der Waals surface area contributed by atoms with Crippen LogP contribution in [0.5, 0.6) is 0 Å². The van der Waals surface area contributed by atoms with Gasteiger partial charge in [-0.25, -0.2) is 0 Å². The first-order valence-corrected chi connectivity index (χ1v) is 13.5. The van der Waals surface area contributed by atoms with Crippen molar-refractivity contribution in [3.05, 3.63) is 65.2 Å². The number of hydrogen-bond donors (Lipinski definition) is 1. The number of carboxylic acids is 1. The van der Waals surface area contributed by atoms with Gasteiger partial charge in [0, 0.05) is 10.9 Å². The summed E-state index contributed by atoms with van der Waals surface area (Å²) in [5.41, 5.74) is 1.86. The van der Waals surface area contributed by atoms with Gasteiger partial charge in [0.05, 0.1) is 42.1 Å². The number of halogens is 1. The zero-order valence-corrected chi connectivity index (χ0v) is 20.9. The average molecular weight is 503 g/mol. The number of piperidine rings is 1. The molecule has 4 rings (SSSR count). The van der Waals surface area contributed by atoms with Crippen molar-refractivity contribution >= 4 is 40.5 Å². The number of aliphatic carboxylic acids is 1. The summed E-state index contributed by atoms with van der Waals surface area (Å²) < 4.78 is 15.0. The molecule has 1 amide bonds. The van der Waals surface area contributed by atoms with Gasteiger partial charge in [-0.3, -0.25) is 9.59 Å². The number of benzene rings is 2. The predicted molar refractivity (Wildman–Crippen MR) is 135 cm³/mol. The van der Waals surface area contributed by atoms with Gasteiger partial charge in [-0.2, -0.15) is 4.31 Å². The Balaban J connectivity index is 1.70. The molecule has 0 aromatic heterocycles. The Labute approximate surface area is 209 Å². The van der Waals surface area contributed by atoms with Crippen molar-refractivity contribution in [3.8, 4) is 0 Å². The normalized spacial score (nSPS) is 22.3. The van der Waals surface area contributed by atoms with Crippen LogP contribution in [0.2, 0.25) is 5.02 Å². The number of carbonyl (C=O) groups is 2. The largest absolute Gasteiger partial charge is 0.593 e. The second-order valence-electron chi connectivity index (χ2n) is 9.10. The molecule has 0 bridgehead atoms. The fraction of sp³-hybridized carbons (Fsp3) is 0.462. The number of carbonyl (C=O) groups excluding carboxylic acids is 1. The molecule has 1 N–H and O–H groups in total. The first-order chi connectivity index (χ1) is 16.4. The quantitative estimate of drug-likeness (QED) is 0.459. The highest BCUT2D eigenvalue weighted by Crippen LogP contribution is 2.44. The van der Waals surface area contributed by atoms with Crippen molar-refractivity contribution in [1.82, 2.24) is 4.90 Å². The standard InChI is InChI=1S/C26H31ClN2O4S/c1-2-34(33)28(22-6-4-3-5-7-22)17-24(19-8-9-19)29-23(18-10-13-21(27)14-11-18)15-12-20(26(29)32)16-25(30)31/h3-7,10-11,13-14,19-20,23-24H,2,8-9,12,15-17H2,1H3,(H,30,31). The Bertz CT molecular complexity index is 986. The molecule has 2 aromatic rings. The first-order valence-electron chi connectivity index (χ1n) is 11.9. The summed E-state index contributed by atoms with van der Waals surface area (Å²) in [7, 11) is 0. The van der Waals surface area contributed by atoms with Gasteiger partial charge in [0.2, 0.25) is 5.91 Å². The van der Waals surface area contributed by atoms with E-state index < -0.39 is 23.2 Å². The van der Waals surface area contributed by atoms with Crippen LogP contribution in [0.4, 0.5) is 5.69 Å². The average Bonchev–Trinajstić information content (AvgIpc) is 3.67. The lowest BCUT2D eigenvalue weighted by atomic mass is 9.84. The summed E-state index contributed by atoms with van der Waals surface area (Å²) in [4.78, 5) is 27.2. The van der Waals surface area contributed by atoms with E-state index in [1.807, 2.05) is 70.7 Å². The summed E-state index contributed by atoms with van der Waals surface area (Å²) in [6.45, 7) is 2.34. The van der Waals surface area contributed by atoms with Gasteiger partial charge in [0.15, 0.2) is 0 Å². The van der Waals surface area contributed by atoms with Crippen LogP contribution in [0.1, 0.15) is 50.6 Å².